The zero-order valence-electron chi connectivity index (χ0n) is 27.6. The van der Waals surface area contributed by atoms with Gasteiger partial charge in [-0.2, -0.15) is 0 Å². The zero-order valence-corrected chi connectivity index (χ0v) is 30.6. The maximum absolute atomic E-state index is 13.3. The predicted octanol–water partition coefficient (Wildman–Crippen LogP) is 1.57. The summed E-state index contributed by atoms with van der Waals surface area (Å²) in [7, 11) is 0.163. The van der Waals surface area contributed by atoms with Gasteiger partial charge in [-0.25, -0.2) is 28.1 Å². The van der Waals surface area contributed by atoms with Crippen molar-refractivity contribution in [1.82, 2.24) is 13.7 Å². The van der Waals surface area contributed by atoms with E-state index in [1.54, 1.807) is 0 Å². The molecule has 0 aliphatic carbocycles. The van der Waals surface area contributed by atoms with Gasteiger partial charge in [-0.3, -0.25) is 0 Å². The van der Waals surface area contributed by atoms with E-state index < -0.39 is 36.5 Å². The zero-order chi connectivity index (χ0) is 33.3. The largest absolute Gasteiger partial charge is 0.372 e. The predicted molar refractivity (Wildman–Crippen MR) is 169 cm³/mol. The highest BCUT2D eigenvalue weighted by atomic mass is 28.2. The van der Waals surface area contributed by atoms with E-state index in [1.165, 1.54) is 0 Å². The molecule has 0 unspecified atom stereocenters. The van der Waals surface area contributed by atoms with E-state index in [9.17, 15) is 14.4 Å². The smallest absolute Gasteiger partial charge is 0.336 e. The number of nitrogens with zero attached hydrogens (tertiary/aromatic N) is 3. The summed E-state index contributed by atoms with van der Waals surface area (Å²) < 4.78 is 52.6. The van der Waals surface area contributed by atoms with E-state index in [-0.39, 0.29) is 48.9 Å². The molecule has 0 spiro atoms. The molecule has 0 fully saturated rings. The molecule has 15 nitrogen and oxygen atoms in total. The van der Waals surface area contributed by atoms with E-state index >= 15 is 0 Å². The molecule has 0 saturated heterocycles. The van der Waals surface area contributed by atoms with Crippen LogP contribution in [0.4, 0.5) is 0 Å². The highest BCUT2D eigenvalue weighted by Gasteiger charge is 2.17. The first-order valence-corrected chi connectivity index (χ1v) is 19.0. The van der Waals surface area contributed by atoms with E-state index in [4.69, 9.17) is 41.7 Å². The van der Waals surface area contributed by atoms with E-state index in [1.807, 2.05) is 41.5 Å². The molecule has 6 radical (unpaired) electrons. The molecule has 0 aromatic carbocycles. The van der Waals surface area contributed by atoms with E-state index in [0.717, 1.165) is 13.7 Å². The molecule has 45 heavy (non-hydrogen) atoms. The Balaban J connectivity index is 2.94. The average molecular weight is 694 g/mol. The van der Waals surface area contributed by atoms with Crippen LogP contribution in [0.5, 0.6) is 0 Å². The lowest BCUT2D eigenvalue weighted by Gasteiger charge is -2.17. The van der Waals surface area contributed by atoms with Crippen molar-refractivity contribution in [2.24, 2.45) is 0 Å². The highest BCUT2D eigenvalue weighted by Crippen LogP contribution is 2.03. The lowest BCUT2D eigenvalue weighted by molar-refractivity contribution is -0.243. The van der Waals surface area contributed by atoms with Crippen LogP contribution in [-0.2, 0) is 61.3 Å². The lowest BCUT2D eigenvalue weighted by atomic mass is 10.4. The van der Waals surface area contributed by atoms with Crippen LogP contribution in [0.1, 0.15) is 60.8 Å². The van der Waals surface area contributed by atoms with Crippen LogP contribution in [0.2, 0.25) is 18.1 Å². The molecule has 1 rings (SSSR count). The summed E-state index contributed by atoms with van der Waals surface area (Å²) in [6.45, 7) is 12.0. The second kappa shape index (κ2) is 26.7. The molecule has 258 valence electrons. The third-order valence-corrected chi connectivity index (χ3v) is 8.47. The summed E-state index contributed by atoms with van der Waals surface area (Å²) in [5.74, 6) is 0. The van der Waals surface area contributed by atoms with Crippen LogP contribution >= 0.6 is 0 Å². The Morgan fingerprint density at radius 1 is 0.444 bits per heavy atom. The molecule has 1 aromatic heterocycles. The van der Waals surface area contributed by atoms with Crippen LogP contribution < -0.4 is 17.1 Å². The van der Waals surface area contributed by atoms with Crippen LogP contribution in [0.25, 0.3) is 0 Å². The van der Waals surface area contributed by atoms with Crippen LogP contribution in [0, 0.1) is 0 Å². The molecular weight excluding hydrogens is 643 g/mol. The van der Waals surface area contributed by atoms with Crippen molar-refractivity contribution in [1.29, 1.82) is 0 Å². The summed E-state index contributed by atoms with van der Waals surface area (Å²) >= 11 is 0. The number of hydrogen-bond acceptors (Lipinski definition) is 12. The Bertz CT molecular complexity index is 882. The first kappa shape index (κ1) is 41.7. The van der Waals surface area contributed by atoms with Crippen molar-refractivity contribution in [3.63, 3.8) is 0 Å². The van der Waals surface area contributed by atoms with Crippen molar-refractivity contribution in [2.45, 2.75) is 118 Å². The Kier molecular flexibility index (Phi) is 24.8. The quantitative estimate of drug-likeness (QED) is 0.0654. The van der Waals surface area contributed by atoms with Gasteiger partial charge >= 0.3 is 17.1 Å². The molecule has 0 N–H and O–H groups in total. The van der Waals surface area contributed by atoms with E-state index in [2.05, 4.69) is 0 Å². The second-order valence-corrected chi connectivity index (χ2v) is 12.1. The molecule has 0 amide bonds. The third-order valence-electron chi connectivity index (χ3n) is 5.72. The van der Waals surface area contributed by atoms with Crippen molar-refractivity contribution < 1.29 is 41.7 Å². The van der Waals surface area contributed by atoms with Gasteiger partial charge in [0.05, 0.1) is 0 Å². The van der Waals surface area contributed by atoms with Gasteiger partial charge in [0.2, 0.25) is 29.3 Å². The van der Waals surface area contributed by atoms with Gasteiger partial charge < -0.3 is 41.7 Å². The molecular formula is C27H51N3O12Si3. The standard InChI is InChI=1S/C27H51N3O12Si3/c1-7-34-25(35-8-2)40-43-19-13-16-28-22(31)29(17-14-20-44-41-26(36-9-3)37-10-4)24(33)30(23(28)32)18-15-21-45-42-27(38-11-5)39-12-6/h25-27H,7-21H2,1-6H3. The maximum Gasteiger partial charge on any atom is 0.336 e. The minimum Gasteiger partial charge on any atom is -0.372 e. The number of rotatable bonds is 30. The fourth-order valence-electron chi connectivity index (χ4n) is 3.73. The minimum atomic E-state index is -0.746. The number of hydrogen-bond donors (Lipinski definition) is 0. The first-order chi connectivity index (χ1) is 21.9. The number of aromatic nitrogens is 3. The van der Waals surface area contributed by atoms with Crippen LogP contribution in [0.3, 0.4) is 0 Å². The molecule has 0 atom stereocenters. The van der Waals surface area contributed by atoms with Gasteiger partial charge in [0.15, 0.2) is 0 Å². The molecule has 1 aromatic rings. The van der Waals surface area contributed by atoms with Gasteiger partial charge in [0.25, 0.3) is 19.4 Å². The Morgan fingerprint density at radius 2 is 0.667 bits per heavy atom. The van der Waals surface area contributed by atoms with Gasteiger partial charge in [0.1, 0.15) is 0 Å². The van der Waals surface area contributed by atoms with Crippen LogP contribution in [0.15, 0.2) is 14.4 Å². The minimum absolute atomic E-state index is 0.0543. The molecule has 0 aliphatic heterocycles. The molecule has 18 heteroatoms. The maximum atomic E-state index is 13.3. The summed E-state index contributed by atoms with van der Waals surface area (Å²) in [5.41, 5.74) is -1.88. The van der Waals surface area contributed by atoms with Gasteiger partial charge in [0, 0.05) is 59.3 Å². The third kappa shape index (κ3) is 16.9. The molecule has 0 bridgehead atoms. The second-order valence-electron chi connectivity index (χ2n) is 9.00. The average Bonchev–Trinajstić information content (AvgIpc) is 3.01. The summed E-state index contributed by atoms with van der Waals surface area (Å²) in [6, 6.07) is 1.75. The van der Waals surface area contributed by atoms with Crippen molar-refractivity contribution in [3.8, 4) is 0 Å². The lowest BCUT2D eigenvalue weighted by Crippen LogP contribution is -2.54. The van der Waals surface area contributed by atoms with Gasteiger partial charge in [-0.05, 0) is 78.9 Å². The van der Waals surface area contributed by atoms with Crippen molar-refractivity contribution in [3.05, 3.63) is 31.5 Å². The monoisotopic (exact) mass is 693 g/mol. The fourth-order valence-corrected chi connectivity index (χ4v) is 5.81. The number of ether oxygens (including phenoxy) is 6. The summed E-state index contributed by atoms with van der Waals surface area (Å²) in [5, 5.41) is 0. The van der Waals surface area contributed by atoms with Crippen LogP contribution in [-0.4, -0.2) is 102 Å². The van der Waals surface area contributed by atoms with Crippen molar-refractivity contribution in [2.75, 3.05) is 39.6 Å². The first-order valence-electron chi connectivity index (χ1n) is 15.7. The fraction of sp³-hybridized carbons (Fsp3) is 0.889. The normalized spacial score (nSPS) is 11.9. The summed E-state index contributed by atoms with van der Waals surface area (Å²) in [6.07, 6.45) is 1.48. The highest BCUT2D eigenvalue weighted by molar-refractivity contribution is 6.27. The summed E-state index contributed by atoms with van der Waals surface area (Å²) in [4.78, 5) is 40.0. The van der Waals surface area contributed by atoms with Gasteiger partial charge in [-0.15, -0.1) is 0 Å². The Morgan fingerprint density at radius 3 is 0.867 bits per heavy atom. The molecule has 1 heterocycles. The Labute approximate surface area is 273 Å². The molecule has 0 aliphatic rings. The van der Waals surface area contributed by atoms with Gasteiger partial charge in [-0.1, -0.05) is 0 Å². The SMILES string of the molecule is CCOC(OCC)O[Si]CCCn1c(=O)n(CCC[Si]OC(OCC)OCC)c(=O)n(CCC[Si]OC(OCC)OCC)c1=O. The topological polar surface area (TPSA) is 149 Å². The van der Waals surface area contributed by atoms with Crippen molar-refractivity contribution >= 4 is 29.3 Å². The molecule has 0 saturated carbocycles. The Hall–Kier alpha value is -1.30. The van der Waals surface area contributed by atoms with E-state index in [0.29, 0.717) is 77.0 Å².